The maximum absolute atomic E-state index is 5.33. The van der Waals surface area contributed by atoms with Crippen LogP contribution in [0.4, 0.5) is 0 Å². The molecule has 2 aromatic heterocycles. The third-order valence-electron chi connectivity index (χ3n) is 2.82. The summed E-state index contributed by atoms with van der Waals surface area (Å²) in [6.45, 7) is 0.849. The first-order chi connectivity index (χ1) is 8.38. The molecule has 1 aliphatic rings. The molecule has 0 saturated heterocycles. The number of hydrogen-bond donors (Lipinski definition) is 0. The average molecular weight is 244 g/mol. The van der Waals surface area contributed by atoms with Gasteiger partial charge in [-0.05, 0) is 17.5 Å². The Hall–Kier alpha value is -1.68. The van der Waals surface area contributed by atoms with Crippen LogP contribution < -0.4 is 4.74 Å². The molecule has 0 amide bonds. The monoisotopic (exact) mass is 244 g/mol. The first kappa shape index (κ1) is 10.5. The van der Waals surface area contributed by atoms with E-state index in [-0.39, 0.29) is 0 Å². The van der Waals surface area contributed by atoms with Gasteiger partial charge < -0.3 is 4.74 Å². The maximum atomic E-state index is 5.33. The lowest BCUT2D eigenvalue weighted by atomic mass is 10.1. The molecule has 0 fully saturated rings. The van der Waals surface area contributed by atoms with Crippen LogP contribution in [0.25, 0.3) is 10.4 Å². The Morgan fingerprint density at radius 1 is 1.41 bits per heavy atom. The first-order valence-corrected chi connectivity index (χ1v) is 6.37. The smallest absolute Gasteiger partial charge is 0.137 e. The van der Waals surface area contributed by atoms with Crippen LogP contribution in [-0.4, -0.2) is 24.9 Å². The van der Waals surface area contributed by atoms with Crippen molar-refractivity contribution in [3.05, 3.63) is 35.0 Å². The molecule has 0 N–H and O–H groups in total. The van der Waals surface area contributed by atoms with Crippen LogP contribution >= 0.6 is 11.3 Å². The third-order valence-corrected chi connectivity index (χ3v) is 3.77. The molecule has 0 spiro atoms. The van der Waals surface area contributed by atoms with Crippen molar-refractivity contribution < 1.29 is 4.74 Å². The second kappa shape index (κ2) is 4.30. The van der Waals surface area contributed by atoms with Gasteiger partial charge in [-0.1, -0.05) is 0 Å². The molecule has 0 unspecified atom stereocenters. The lowest BCUT2D eigenvalue weighted by Crippen LogP contribution is -2.05. The molecule has 0 saturated carbocycles. The normalized spacial score (nSPS) is 13.5. The van der Waals surface area contributed by atoms with Gasteiger partial charge in [-0.25, -0.2) is 0 Å². The van der Waals surface area contributed by atoms with Crippen LogP contribution in [0.5, 0.6) is 5.75 Å². The van der Waals surface area contributed by atoms with E-state index < -0.39 is 0 Å². The zero-order valence-electron chi connectivity index (χ0n) is 9.51. The van der Waals surface area contributed by atoms with Crippen molar-refractivity contribution in [2.45, 2.75) is 6.42 Å². The summed E-state index contributed by atoms with van der Waals surface area (Å²) in [5.41, 5.74) is 3.37. The van der Waals surface area contributed by atoms with Gasteiger partial charge in [0.15, 0.2) is 0 Å². The molecule has 3 rings (SSSR count). The van der Waals surface area contributed by atoms with Gasteiger partial charge in [0.1, 0.15) is 5.75 Å². The van der Waals surface area contributed by atoms with Crippen molar-refractivity contribution in [3.8, 4) is 16.2 Å². The summed E-state index contributed by atoms with van der Waals surface area (Å²) in [4.78, 5) is 9.93. The van der Waals surface area contributed by atoms with Gasteiger partial charge in [0.05, 0.1) is 17.7 Å². The molecule has 0 aliphatic carbocycles. The average Bonchev–Trinajstić information content (AvgIpc) is 2.86. The number of ether oxygens (including phenoxy) is 1. The fourth-order valence-electron chi connectivity index (χ4n) is 1.96. The number of aliphatic imine (C=N–C) groups is 1. The summed E-state index contributed by atoms with van der Waals surface area (Å²) in [6.07, 6.45) is 4.77. The molecule has 0 aromatic carbocycles. The summed E-state index contributed by atoms with van der Waals surface area (Å²) < 4.78 is 5.33. The Morgan fingerprint density at radius 3 is 3.24 bits per heavy atom. The van der Waals surface area contributed by atoms with Crippen LogP contribution in [0.2, 0.25) is 0 Å². The predicted octanol–water partition coefficient (Wildman–Crippen LogP) is 2.79. The second-order valence-electron chi connectivity index (χ2n) is 3.86. The highest BCUT2D eigenvalue weighted by Crippen LogP contribution is 2.35. The Morgan fingerprint density at radius 2 is 2.35 bits per heavy atom. The minimum atomic E-state index is 0.849. The minimum absolute atomic E-state index is 0.849. The molecule has 3 heterocycles. The van der Waals surface area contributed by atoms with Crippen molar-refractivity contribution in [1.29, 1.82) is 0 Å². The standard InChI is InChI=1S/C13H12N2OS/c1-16-12-3-5-17-13(12)10-6-9-7-14-4-2-11(9)15-8-10/h3,5-8H,2,4H2,1H3. The highest BCUT2D eigenvalue weighted by Gasteiger charge is 2.12. The van der Waals surface area contributed by atoms with E-state index in [2.05, 4.69) is 16.0 Å². The predicted molar refractivity (Wildman–Crippen MR) is 70.3 cm³/mol. The van der Waals surface area contributed by atoms with E-state index in [1.165, 1.54) is 0 Å². The quantitative estimate of drug-likeness (QED) is 0.814. The van der Waals surface area contributed by atoms with Gasteiger partial charge in [0, 0.05) is 36.5 Å². The fourth-order valence-corrected chi connectivity index (χ4v) is 2.80. The van der Waals surface area contributed by atoms with E-state index in [1.54, 1.807) is 18.4 Å². The summed E-state index contributed by atoms with van der Waals surface area (Å²) in [6, 6.07) is 4.12. The summed E-state index contributed by atoms with van der Waals surface area (Å²) in [5, 5.41) is 2.03. The molecule has 1 aliphatic heterocycles. The second-order valence-corrected chi connectivity index (χ2v) is 4.78. The number of pyridine rings is 1. The maximum Gasteiger partial charge on any atom is 0.137 e. The van der Waals surface area contributed by atoms with Crippen molar-refractivity contribution >= 4 is 17.6 Å². The van der Waals surface area contributed by atoms with Crippen LogP contribution in [-0.2, 0) is 6.42 Å². The molecule has 4 heteroatoms. The van der Waals surface area contributed by atoms with Gasteiger partial charge in [-0.2, -0.15) is 0 Å². The number of hydrogen-bond acceptors (Lipinski definition) is 4. The Bertz CT molecular complexity index is 575. The molecular formula is C13H12N2OS. The number of aromatic nitrogens is 1. The van der Waals surface area contributed by atoms with Gasteiger partial charge in [0.2, 0.25) is 0 Å². The molecule has 2 aromatic rings. The number of nitrogens with zero attached hydrogens (tertiary/aromatic N) is 2. The van der Waals surface area contributed by atoms with Crippen LogP contribution in [0.1, 0.15) is 11.3 Å². The van der Waals surface area contributed by atoms with E-state index in [0.29, 0.717) is 0 Å². The SMILES string of the molecule is COc1ccsc1-c1cnc2c(c1)C=NCC2. The minimum Gasteiger partial charge on any atom is -0.495 e. The Balaban J connectivity index is 2.08. The van der Waals surface area contributed by atoms with E-state index in [0.717, 1.165) is 40.4 Å². The first-order valence-electron chi connectivity index (χ1n) is 5.49. The molecule has 86 valence electrons. The summed E-state index contributed by atoms with van der Waals surface area (Å²) in [5.74, 6) is 0.907. The molecule has 0 bridgehead atoms. The van der Waals surface area contributed by atoms with E-state index in [4.69, 9.17) is 4.74 Å². The number of thiophene rings is 1. The molecule has 0 radical (unpaired) electrons. The molecule has 17 heavy (non-hydrogen) atoms. The Labute approximate surface area is 104 Å². The van der Waals surface area contributed by atoms with Crippen LogP contribution in [0.15, 0.2) is 28.7 Å². The van der Waals surface area contributed by atoms with E-state index >= 15 is 0 Å². The highest BCUT2D eigenvalue weighted by atomic mass is 32.1. The number of rotatable bonds is 2. The topological polar surface area (TPSA) is 34.5 Å². The molecule has 3 nitrogen and oxygen atoms in total. The van der Waals surface area contributed by atoms with Crippen molar-refractivity contribution in [3.63, 3.8) is 0 Å². The van der Waals surface area contributed by atoms with Gasteiger partial charge in [-0.15, -0.1) is 11.3 Å². The van der Waals surface area contributed by atoms with Crippen molar-refractivity contribution in [2.75, 3.05) is 13.7 Å². The number of fused-ring (bicyclic) bond motifs is 1. The zero-order chi connectivity index (χ0) is 11.7. The van der Waals surface area contributed by atoms with Crippen molar-refractivity contribution in [2.24, 2.45) is 4.99 Å². The Kier molecular flexibility index (Phi) is 2.65. The third kappa shape index (κ3) is 1.85. The fraction of sp³-hybridized carbons (Fsp3) is 0.231. The van der Waals surface area contributed by atoms with Gasteiger partial charge >= 0.3 is 0 Å². The highest BCUT2D eigenvalue weighted by molar-refractivity contribution is 7.14. The summed E-state index contributed by atoms with van der Waals surface area (Å²) >= 11 is 1.67. The van der Waals surface area contributed by atoms with E-state index in [1.807, 2.05) is 23.9 Å². The van der Waals surface area contributed by atoms with Gasteiger partial charge in [-0.3, -0.25) is 9.98 Å². The van der Waals surface area contributed by atoms with Gasteiger partial charge in [0.25, 0.3) is 0 Å². The lowest BCUT2D eigenvalue weighted by molar-refractivity contribution is 0.418. The number of methoxy groups -OCH3 is 1. The largest absolute Gasteiger partial charge is 0.495 e. The lowest BCUT2D eigenvalue weighted by Gasteiger charge is -2.10. The molecule has 0 atom stereocenters. The zero-order valence-corrected chi connectivity index (χ0v) is 10.3. The van der Waals surface area contributed by atoms with Crippen molar-refractivity contribution in [1.82, 2.24) is 4.98 Å². The summed E-state index contributed by atoms with van der Waals surface area (Å²) in [7, 11) is 1.69. The van der Waals surface area contributed by atoms with E-state index in [9.17, 15) is 0 Å². The van der Waals surface area contributed by atoms with Crippen LogP contribution in [0.3, 0.4) is 0 Å². The molecular weight excluding hydrogens is 232 g/mol. The van der Waals surface area contributed by atoms with Crippen LogP contribution in [0, 0.1) is 0 Å².